The number of hydrogen-bond acceptors (Lipinski definition) is 5. The zero-order chi connectivity index (χ0) is 17.7. The van der Waals surface area contributed by atoms with Gasteiger partial charge in [0.05, 0.1) is 18.8 Å². The average molecular weight is 358 g/mol. The lowest BCUT2D eigenvalue weighted by Crippen LogP contribution is -2.45. The van der Waals surface area contributed by atoms with Crippen LogP contribution in [0.1, 0.15) is 19.8 Å². The van der Waals surface area contributed by atoms with Gasteiger partial charge in [0.2, 0.25) is 15.9 Å². The molecule has 0 aliphatic carbocycles. The third-order valence-electron chi connectivity index (χ3n) is 3.98. The summed E-state index contributed by atoms with van der Waals surface area (Å²) in [5, 5.41) is 2.85. The summed E-state index contributed by atoms with van der Waals surface area (Å²) in [6.45, 7) is 2.80. The monoisotopic (exact) mass is 358 g/mol. The fraction of sp³-hybridized carbons (Fsp3) is 0.600. The summed E-state index contributed by atoms with van der Waals surface area (Å²) in [5.74, 6) is -0.337. The maximum absolute atomic E-state index is 13.9. The van der Waals surface area contributed by atoms with Gasteiger partial charge in [-0.25, -0.2) is 22.5 Å². The van der Waals surface area contributed by atoms with Gasteiger partial charge in [0.25, 0.3) is 0 Å². The van der Waals surface area contributed by atoms with E-state index in [1.165, 1.54) is 18.3 Å². The zero-order valence-corrected chi connectivity index (χ0v) is 14.6. The van der Waals surface area contributed by atoms with Gasteiger partial charge in [-0.2, -0.15) is 0 Å². The number of amides is 1. The molecule has 1 fully saturated rings. The van der Waals surface area contributed by atoms with Crippen molar-refractivity contribution in [3.8, 4) is 0 Å². The maximum Gasteiger partial charge on any atom is 0.235 e. The number of carbonyl (C=O) groups excluding carboxylic acids is 1. The zero-order valence-electron chi connectivity index (χ0n) is 13.8. The van der Waals surface area contributed by atoms with E-state index in [0.29, 0.717) is 13.1 Å². The summed E-state index contributed by atoms with van der Waals surface area (Å²) in [4.78, 5) is 17.9. The van der Waals surface area contributed by atoms with E-state index in [9.17, 15) is 17.6 Å². The fourth-order valence-corrected chi connectivity index (χ4v) is 3.33. The number of sulfonamides is 1. The normalized spacial score (nSPS) is 21.0. The first-order valence-corrected chi connectivity index (χ1v) is 9.78. The van der Waals surface area contributed by atoms with Crippen molar-refractivity contribution in [2.45, 2.75) is 25.8 Å². The van der Waals surface area contributed by atoms with Gasteiger partial charge in [0, 0.05) is 19.3 Å². The Morgan fingerprint density at radius 1 is 1.46 bits per heavy atom. The minimum Gasteiger partial charge on any atom is -0.352 e. The highest BCUT2D eigenvalue weighted by Crippen LogP contribution is 2.27. The number of halogens is 1. The number of rotatable bonds is 7. The molecule has 7 nitrogen and oxygen atoms in total. The quantitative estimate of drug-likeness (QED) is 0.740. The minimum atomic E-state index is -3.42. The predicted molar refractivity (Wildman–Crippen MR) is 89.6 cm³/mol. The van der Waals surface area contributed by atoms with Gasteiger partial charge in [0.15, 0.2) is 11.6 Å². The van der Waals surface area contributed by atoms with E-state index in [1.807, 2.05) is 11.8 Å². The Hall–Kier alpha value is -1.74. The molecule has 0 spiro atoms. The standard InChI is InChI=1S/C15H23FN4O3S/c1-3-5-11-9-20(15-12(16)6-4-7-17-15)10-13(11)19-14(21)8-18-24(2,22)23/h4,6-7,11,13,18H,3,5,8-10H2,1-2H3,(H,19,21). The lowest BCUT2D eigenvalue weighted by molar-refractivity contribution is -0.120. The first-order chi connectivity index (χ1) is 11.3. The van der Waals surface area contributed by atoms with Crippen molar-refractivity contribution in [2.75, 3.05) is 30.8 Å². The van der Waals surface area contributed by atoms with Crippen LogP contribution in [0.3, 0.4) is 0 Å². The van der Waals surface area contributed by atoms with Crippen LogP contribution < -0.4 is 14.9 Å². The van der Waals surface area contributed by atoms with Gasteiger partial charge >= 0.3 is 0 Å². The molecule has 134 valence electrons. The molecule has 2 N–H and O–H groups in total. The molecular formula is C15H23FN4O3S. The summed E-state index contributed by atoms with van der Waals surface area (Å²) in [6, 6.07) is 2.73. The molecule has 1 aromatic rings. The molecule has 1 aromatic heterocycles. The number of aromatic nitrogens is 1. The molecule has 2 unspecified atom stereocenters. The van der Waals surface area contributed by atoms with Crippen LogP contribution in [0.5, 0.6) is 0 Å². The third-order valence-corrected chi connectivity index (χ3v) is 4.65. The van der Waals surface area contributed by atoms with Crippen LogP contribution >= 0.6 is 0 Å². The Morgan fingerprint density at radius 3 is 2.83 bits per heavy atom. The molecule has 0 saturated carbocycles. The molecular weight excluding hydrogens is 335 g/mol. The van der Waals surface area contributed by atoms with Crippen LogP contribution in [0.25, 0.3) is 0 Å². The van der Waals surface area contributed by atoms with Crippen molar-refractivity contribution in [1.29, 1.82) is 0 Å². The minimum absolute atomic E-state index is 0.165. The Bertz CT molecular complexity index is 683. The predicted octanol–water partition coefficient (Wildman–Crippen LogP) is 0.491. The highest BCUT2D eigenvalue weighted by molar-refractivity contribution is 7.88. The molecule has 0 radical (unpaired) electrons. The lowest BCUT2D eigenvalue weighted by Gasteiger charge is -2.19. The van der Waals surface area contributed by atoms with E-state index < -0.39 is 21.7 Å². The largest absolute Gasteiger partial charge is 0.352 e. The maximum atomic E-state index is 13.9. The summed E-state index contributed by atoms with van der Waals surface area (Å²) >= 11 is 0. The number of nitrogens with one attached hydrogen (secondary N) is 2. The van der Waals surface area contributed by atoms with Crippen LogP contribution in [0.2, 0.25) is 0 Å². The highest BCUT2D eigenvalue weighted by Gasteiger charge is 2.34. The van der Waals surface area contributed by atoms with Gasteiger partial charge in [-0.05, 0) is 24.5 Å². The number of hydrogen-bond donors (Lipinski definition) is 2. The van der Waals surface area contributed by atoms with Crippen molar-refractivity contribution >= 4 is 21.7 Å². The Labute approximate surface area is 141 Å². The molecule has 1 saturated heterocycles. The van der Waals surface area contributed by atoms with Crippen LogP contribution in [-0.4, -0.2) is 51.2 Å². The van der Waals surface area contributed by atoms with Gasteiger partial charge < -0.3 is 10.2 Å². The number of nitrogens with zero attached hydrogens (tertiary/aromatic N) is 2. The summed E-state index contributed by atoms with van der Waals surface area (Å²) in [7, 11) is -3.42. The fourth-order valence-electron chi connectivity index (χ4n) is 2.94. The van der Waals surface area contributed by atoms with E-state index in [4.69, 9.17) is 0 Å². The van der Waals surface area contributed by atoms with Crippen LogP contribution in [-0.2, 0) is 14.8 Å². The number of carbonyl (C=O) groups is 1. The molecule has 2 heterocycles. The second kappa shape index (κ2) is 7.89. The van der Waals surface area contributed by atoms with Crippen LogP contribution in [0.15, 0.2) is 18.3 Å². The van der Waals surface area contributed by atoms with E-state index in [0.717, 1.165) is 19.1 Å². The molecule has 2 rings (SSSR count). The molecule has 24 heavy (non-hydrogen) atoms. The molecule has 1 aliphatic heterocycles. The Kier molecular flexibility index (Phi) is 6.11. The van der Waals surface area contributed by atoms with E-state index in [-0.39, 0.29) is 24.3 Å². The molecule has 0 aromatic carbocycles. The second-order valence-electron chi connectivity index (χ2n) is 6.03. The van der Waals surface area contributed by atoms with Crippen molar-refractivity contribution in [3.05, 3.63) is 24.1 Å². The summed E-state index contributed by atoms with van der Waals surface area (Å²) in [5.41, 5.74) is 0. The van der Waals surface area contributed by atoms with Crippen molar-refractivity contribution < 1.29 is 17.6 Å². The van der Waals surface area contributed by atoms with E-state index >= 15 is 0 Å². The summed E-state index contributed by atoms with van der Waals surface area (Å²) in [6.07, 6.45) is 4.36. The van der Waals surface area contributed by atoms with Crippen molar-refractivity contribution in [3.63, 3.8) is 0 Å². The average Bonchev–Trinajstić information content (AvgIpc) is 2.88. The third kappa shape index (κ3) is 5.13. The molecule has 1 amide bonds. The van der Waals surface area contributed by atoms with Crippen LogP contribution in [0, 0.1) is 11.7 Å². The van der Waals surface area contributed by atoms with Gasteiger partial charge in [-0.15, -0.1) is 0 Å². The molecule has 9 heteroatoms. The Morgan fingerprint density at radius 2 is 2.21 bits per heavy atom. The first kappa shape index (κ1) is 18.6. The smallest absolute Gasteiger partial charge is 0.235 e. The first-order valence-electron chi connectivity index (χ1n) is 7.89. The highest BCUT2D eigenvalue weighted by atomic mass is 32.2. The SMILES string of the molecule is CCCC1CN(c2ncccc2F)CC1NC(=O)CNS(C)(=O)=O. The van der Waals surface area contributed by atoms with Gasteiger partial charge in [0.1, 0.15) is 0 Å². The van der Waals surface area contributed by atoms with Gasteiger partial charge in [-0.1, -0.05) is 13.3 Å². The summed E-state index contributed by atoms with van der Waals surface area (Å²) < 4.78 is 38.2. The van der Waals surface area contributed by atoms with E-state index in [2.05, 4.69) is 15.0 Å². The van der Waals surface area contributed by atoms with Crippen molar-refractivity contribution in [2.24, 2.45) is 5.92 Å². The lowest BCUT2D eigenvalue weighted by atomic mass is 9.98. The number of anilines is 1. The number of pyridine rings is 1. The molecule has 0 bridgehead atoms. The second-order valence-corrected chi connectivity index (χ2v) is 7.86. The molecule has 2 atom stereocenters. The van der Waals surface area contributed by atoms with Crippen molar-refractivity contribution in [1.82, 2.24) is 15.0 Å². The van der Waals surface area contributed by atoms with Crippen LogP contribution in [0.4, 0.5) is 10.2 Å². The topological polar surface area (TPSA) is 91.4 Å². The van der Waals surface area contributed by atoms with Gasteiger partial charge in [-0.3, -0.25) is 4.79 Å². The van der Waals surface area contributed by atoms with E-state index in [1.54, 1.807) is 0 Å². The molecule has 1 aliphatic rings. The Balaban J connectivity index is 2.02.